The van der Waals surface area contributed by atoms with E-state index in [4.69, 9.17) is 22.0 Å². The molecule has 4 atom stereocenters. The van der Waals surface area contributed by atoms with Gasteiger partial charge in [0.15, 0.2) is 22.9 Å². The molecule has 0 spiro atoms. The number of hydrogen-bond acceptors (Lipinski definition) is 15. The van der Waals surface area contributed by atoms with Crippen LogP contribution in [0, 0.1) is 5.41 Å². The highest BCUT2D eigenvalue weighted by atomic mass is 16.4. The van der Waals surface area contributed by atoms with Crippen molar-refractivity contribution in [1.29, 1.82) is 5.41 Å². The van der Waals surface area contributed by atoms with Crippen molar-refractivity contribution >= 4 is 76.1 Å². The van der Waals surface area contributed by atoms with Crippen LogP contribution in [0.5, 0.6) is 0 Å². The van der Waals surface area contributed by atoms with Crippen LogP contribution < -0.4 is 48.9 Å². The van der Waals surface area contributed by atoms with Crippen molar-refractivity contribution < 1.29 is 53.7 Å². The van der Waals surface area contributed by atoms with Crippen LogP contribution >= 0.6 is 0 Å². The number of carboxylic acid groups (broad SMARTS) is 3. The maximum atomic E-state index is 13.2. The molecule has 15 N–H and O–H groups in total. The van der Waals surface area contributed by atoms with Crippen LogP contribution in [0.4, 0.5) is 11.6 Å². The molecule has 0 aliphatic rings. The van der Waals surface area contributed by atoms with E-state index in [1.807, 2.05) is 0 Å². The molecular formula is C34H43N13O12. The third kappa shape index (κ3) is 15.0. The first-order valence-electron chi connectivity index (χ1n) is 17.6. The molecule has 0 unspecified atom stereocenters. The number of aromatic amines is 1. The average Bonchev–Trinajstić information content (AvgIpc) is 3.15. The standard InChI is InChI=1S/C34H43N13O12/c1-15(48)21(11-24(50)51)45-29(55)19(3-2-10-38-33(35)36)43-30(56)22(12-25(52)53)42-23(49)9-8-20(32(58)59)44-28(54)16-4-6-17(7-5-16)39-13-18-14-40-27-26(41-18)31(57)47-34(37)46-27/h4-7,14,19-22,39H,2-3,8-13H2,1H3,(H,42,49)(H,43,56)(H,44,54)(H,45,55)(H,50,51)(H,52,53)(H,58,59)(H4,35,36,38)(H3,37,40,46,47,57)/t19-,20-,21-,22-/m0/s1. The highest BCUT2D eigenvalue weighted by Crippen LogP contribution is 2.13. The van der Waals surface area contributed by atoms with Gasteiger partial charge in [0.25, 0.3) is 11.5 Å². The summed E-state index contributed by atoms with van der Waals surface area (Å²) in [6, 6.07) is -0.501. The first-order valence-corrected chi connectivity index (χ1v) is 17.6. The highest BCUT2D eigenvalue weighted by molar-refractivity contribution is 5.98. The minimum Gasteiger partial charge on any atom is -0.481 e. The molecule has 0 aliphatic carbocycles. The second-order valence-electron chi connectivity index (χ2n) is 12.9. The molecule has 3 rings (SSSR count). The molecule has 0 saturated heterocycles. The summed E-state index contributed by atoms with van der Waals surface area (Å²) in [6.07, 6.45) is -1.50. The molecule has 25 heteroatoms. The van der Waals surface area contributed by atoms with Crippen molar-refractivity contribution in [3.05, 3.63) is 52.1 Å². The summed E-state index contributed by atoms with van der Waals surface area (Å²) in [6.45, 7) is 1.23. The zero-order valence-corrected chi connectivity index (χ0v) is 31.4. The molecule has 2 aromatic heterocycles. The van der Waals surface area contributed by atoms with Gasteiger partial charge in [0.05, 0.1) is 37.3 Å². The van der Waals surface area contributed by atoms with Gasteiger partial charge in [-0.2, -0.15) is 4.98 Å². The maximum Gasteiger partial charge on any atom is 0.326 e. The van der Waals surface area contributed by atoms with Crippen LogP contribution in [-0.2, 0) is 40.1 Å². The number of fused-ring (bicyclic) bond motifs is 1. The van der Waals surface area contributed by atoms with Gasteiger partial charge in [0.1, 0.15) is 18.1 Å². The highest BCUT2D eigenvalue weighted by Gasteiger charge is 2.31. The predicted octanol–water partition coefficient (Wildman–Crippen LogP) is -2.87. The number of nitrogen functional groups attached to an aromatic ring is 1. The molecule has 316 valence electrons. The summed E-state index contributed by atoms with van der Waals surface area (Å²) in [5.74, 6) is -9.55. The van der Waals surface area contributed by atoms with Crippen molar-refractivity contribution in [2.75, 3.05) is 17.6 Å². The Balaban J connectivity index is 1.61. The van der Waals surface area contributed by atoms with Crippen LogP contribution in [0.25, 0.3) is 11.2 Å². The summed E-state index contributed by atoms with van der Waals surface area (Å²) in [5, 5.41) is 50.1. The Labute approximate surface area is 333 Å². The number of anilines is 2. The Kier molecular flexibility index (Phi) is 16.7. The Hall–Kier alpha value is -7.73. The van der Waals surface area contributed by atoms with Crippen LogP contribution in [0.15, 0.2) is 35.3 Å². The van der Waals surface area contributed by atoms with Gasteiger partial charge in [-0.25, -0.2) is 14.8 Å². The van der Waals surface area contributed by atoms with E-state index in [-0.39, 0.29) is 54.6 Å². The second kappa shape index (κ2) is 21.5. The minimum atomic E-state index is -1.79. The van der Waals surface area contributed by atoms with E-state index in [2.05, 4.69) is 51.8 Å². The summed E-state index contributed by atoms with van der Waals surface area (Å²) in [5.41, 5.74) is 11.2. The number of benzene rings is 1. The van der Waals surface area contributed by atoms with Gasteiger partial charge in [-0.1, -0.05) is 0 Å². The molecule has 1 aromatic carbocycles. The zero-order chi connectivity index (χ0) is 43.8. The van der Waals surface area contributed by atoms with Gasteiger partial charge in [0.2, 0.25) is 23.7 Å². The van der Waals surface area contributed by atoms with E-state index in [0.29, 0.717) is 11.4 Å². The lowest BCUT2D eigenvalue weighted by Crippen LogP contribution is -2.56. The number of hydrogen-bond donors (Lipinski definition) is 13. The maximum absolute atomic E-state index is 13.2. The van der Waals surface area contributed by atoms with E-state index in [9.17, 15) is 53.4 Å². The van der Waals surface area contributed by atoms with E-state index < -0.39 is 103 Å². The van der Waals surface area contributed by atoms with Crippen molar-refractivity contribution in [2.45, 2.75) is 76.2 Å². The smallest absolute Gasteiger partial charge is 0.326 e. The molecule has 3 aromatic rings. The molecule has 0 fully saturated rings. The van der Waals surface area contributed by atoms with Crippen molar-refractivity contribution in [3.63, 3.8) is 0 Å². The number of carbonyl (C=O) groups excluding carboxylic acids is 5. The lowest BCUT2D eigenvalue weighted by molar-refractivity contribution is -0.141. The minimum absolute atomic E-state index is 0.0122. The lowest BCUT2D eigenvalue weighted by Gasteiger charge is -2.24. The van der Waals surface area contributed by atoms with Gasteiger partial charge < -0.3 is 58.7 Å². The molecule has 4 amide bonds. The number of aliphatic carboxylic acids is 3. The molecule has 0 aliphatic heterocycles. The normalized spacial score (nSPS) is 12.8. The molecule has 0 saturated carbocycles. The topological polar surface area (TPSA) is 417 Å². The Morgan fingerprint density at radius 3 is 2.07 bits per heavy atom. The van der Waals surface area contributed by atoms with Crippen LogP contribution in [0.3, 0.4) is 0 Å². The molecule has 59 heavy (non-hydrogen) atoms. The first kappa shape index (κ1) is 45.7. The second-order valence-corrected chi connectivity index (χ2v) is 12.9. The number of rotatable bonds is 23. The van der Waals surface area contributed by atoms with Gasteiger partial charge in [0, 0.05) is 24.2 Å². The Morgan fingerprint density at radius 2 is 1.46 bits per heavy atom. The lowest BCUT2D eigenvalue weighted by atomic mass is 10.1. The molecule has 0 radical (unpaired) electrons. The summed E-state index contributed by atoms with van der Waals surface area (Å²) in [4.78, 5) is 126. The molecule has 2 heterocycles. The van der Waals surface area contributed by atoms with Crippen molar-refractivity contribution in [3.8, 4) is 0 Å². The van der Waals surface area contributed by atoms with Gasteiger partial charge >= 0.3 is 17.9 Å². The van der Waals surface area contributed by atoms with Crippen LogP contribution in [0.1, 0.15) is 61.5 Å². The monoisotopic (exact) mass is 825 g/mol. The summed E-state index contributed by atoms with van der Waals surface area (Å²) >= 11 is 0. The van der Waals surface area contributed by atoms with Crippen LogP contribution in [0.2, 0.25) is 0 Å². The third-order valence-electron chi connectivity index (χ3n) is 8.20. The molecule has 0 bridgehead atoms. The quantitative estimate of drug-likeness (QED) is 0.0259. The SMILES string of the molecule is CC(=O)[C@H](CC(=O)O)NC(=O)[C@H](CCCNC(=N)N)NC(=O)[C@H](CC(=O)O)NC(=O)CC[C@H](NC(=O)c1ccc(NCc2cnc3nc(N)[nH]c(=O)c3n2)cc1)C(=O)O. The van der Waals surface area contributed by atoms with E-state index in [1.165, 1.54) is 30.5 Å². The number of nitrogens with zero attached hydrogens (tertiary/aromatic N) is 3. The number of H-pyrrole nitrogens is 1. The number of ketones is 1. The Bertz CT molecular complexity index is 2140. The summed E-state index contributed by atoms with van der Waals surface area (Å²) < 4.78 is 0. The fraction of sp³-hybridized carbons (Fsp3) is 0.382. The average molecular weight is 826 g/mol. The van der Waals surface area contributed by atoms with Crippen molar-refractivity contribution in [2.24, 2.45) is 5.73 Å². The van der Waals surface area contributed by atoms with Gasteiger partial charge in [-0.3, -0.25) is 48.7 Å². The fourth-order valence-electron chi connectivity index (χ4n) is 5.23. The van der Waals surface area contributed by atoms with Crippen molar-refractivity contribution in [1.82, 2.24) is 46.5 Å². The number of guanidine groups is 1. The predicted molar refractivity (Wildman–Crippen MR) is 204 cm³/mol. The van der Waals surface area contributed by atoms with E-state index >= 15 is 0 Å². The van der Waals surface area contributed by atoms with Crippen LogP contribution in [-0.4, -0.2) is 119 Å². The largest absolute Gasteiger partial charge is 0.481 e. The molecule has 25 nitrogen and oxygen atoms in total. The molecular weight excluding hydrogens is 782 g/mol. The number of nitrogens with one attached hydrogen (secondary N) is 8. The number of aromatic nitrogens is 4. The van der Waals surface area contributed by atoms with E-state index in [0.717, 1.165) is 6.92 Å². The third-order valence-corrected chi connectivity index (χ3v) is 8.20. The number of carboxylic acids is 3. The van der Waals surface area contributed by atoms with Gasteiger partial charge in [-0.15, -0.1) is 0 Å². The number of nitrogens with two attached hydrogens (primary N) is 2. The Morgan fingerprint density at radius 1 is 0.831 bits per heavy atom. The van der Waals surface area contributed by atoms with Gasteiger partial charge in [-0.05, 0) is 50.5 Å². The number of amides is 4. The number of Topliss-reactive ketones (excluding diaryl/α,β-unsaturated/α-hetero) is 1. The number of carbonyl (C=O) groups is 8. The zero-order valence-electron chi connectivity index (χ0n) is 31.4. The van der Waals surface area contributed by atoms with E-state index in [1.54, 1.807) is 0 Å². The summed E-state index contributed by atoms with van der Waals surface area (Å²) in [7, 11) is 0. The first-order chi connectivity index (χ1) is 27.8. The fourth-order valence-corrected chi connectivity index (χ4v) is 5.23.